The molecule has 2 aliphatic rings. The Balaban J connectivity index is 2.04. The van der Waals surface area contributed by atoms with Crippen molar-refractivity contribution in [3.63, 3.8) is 0 Å². The maximum Gasteiger partial charge on any atom is 0.405 e. The molecule has 1 aromatic rings. The van der Waals surface area contributed by atoms with Gasteiger partial charge in [0.1, 0.15) is 11.2 Å². The van der Waals surface area contributed by atoms with E-state index in [1.807, 2.05) is 0 Å². The van der Waals surface area contributed by atoms with Crippen LogP contribution >= 0.6 is 0 Å². The van der Waals surface area contributed by atoms with Crippen LogP contribution in [0.15, 0.2) is 18.2 Å². The van der Waals surface area contributed by atoms with E-state index in [1.54, 1.807) is 0 Å². The molecule has 1 fully saturated rings. The molecule has 0 radical (unpaired) electrons. The summed E-state index contributed by atoms with van der Waals surface area (Å²) in [5, 5.41) is 11.4. The summed E-state index contributed by atoms with van der Waals surface area (Å²) < 4.78 is 0.196. The Bertz CT molecular complexity index is 710. The number of benzene rings is 1. The van der Waals surface area contributed by atoms with E-state index in [-0.39, 0.29) is 15.9 Å². The number of amides is 2. The fraction of sp³-hybridized carbons (Fsp3) is 0.579. The fourth-order valence-corrected chi connectivity index (χ4v) is 4.33. The Morgan fingerprint density at radius 1 is 1.32 bits per heavy atom. The minimum atomic E-state index is -1.14. The molecular weight excluding hydrogens is 318 g/mol. The van der Waals surface area contributed by atoms with Crippen LogP contribution < -0.4 is 9.80 Å². The quantitative estimate of drug-likeness (QED) is 0.807. The minimum Gasteiger partial charge on any atom is -0.465 e. The van der Waals surface area contributed by atoms with E-state index in [0.717, 1.165) is 25.2 Å². The van der Waals surface area contributed by atoms with Crippen LogP contribution in [-0.2, 0) is 17.8 Å². The van der Waals surface area contributed by atoms with Crippen LogP contribution in [0, 0.1) is 0 Å². The molecule has 25 heavy (non-hydrogen) atoms. The zero-order valence-electron chi connectivity index (χ0n) is 15.5. The number of hydrogen-bond donors (Lipinski definition) is 2. The summed E-state index contributed by atoms with van der Waals surface area (Å²) in [6.45, 7) is 8.74. The lowest BCUT2D eigenvalue weighted by molar-refractivity contribution is -0.132. The third-order valence-electron chi connectivity index (χ3n) is 5.70. The van der Waals surface area contributed by atoms with Gasteiger partial charge in [0.25, 0.3) is 0 Å². The zero-order valence-corrected chi connectivity index (χ0v) is 15.5. The molecule has 3 rings (SSSR count). The predicted molar refractivity (Wildman–Crippen MR) is 97.5 cm³/mol. The summed E-state index contributed by atoms with van der Waals surface area (Å²) in [6, 6.07) is 5.73. The lowest BCUT2D eigenvalue weighted by Gasteiger charge is -2.43. The Labute approximate surface area is 149 Å². The van der Waals surface area contributed by atoms with Gasteiger partial charge >= 0.3 is 12.0 Å². The normalized spacial score (nSPS) is 27.2. The summed E-state index contributed by atoms with van der Waals surface area (Å²) in [4.78, 5) is 26.6. The number of quaternary nitrogens is 1. The second-order valence-electron chi connectivity index (χ2n) is 8.27. The van der Waals surface area contributed by atoms with Crippen LogP contribution in [0.5, 0.6) is 0 Å². The Hall–Kier alpha value is -1.92. The summed E-state index contributed by atoms with van der Waals surface area (Å²) in [6.07, 6.45) is 0.373. The zero-order chi connectivity index (χ0) is 18.4. The van der Waals surface area contributed by atoms with Gasteiger partial charge in [-0.25, -0.2) is 14.1 Å². The van der Waals surface area contributed by atoms with E-state index in [4.69, 9.17) is 5.11 Å². The largest absolute Gasteiger partial charge is 0.465 e. The van der Waals surface area contributed by atoms with Crippen molar-refractivity contribution in [2.24, 2.45) is 0 Å². The number of rotatable bonds is 2. The lowest BCUT2D eigenvalue weighted by Crippen LogP contribution is -2.64. The molecule has 6 nitrogen and oxygen atoms in total. The summed E-state index contributed by atoms with van der Waals surface area (Å²) in [5.74, 6) is -0.0530. The molecule has 6 heteroatoms. The molecule has 0 bridgehead atoms. The first-order valence-electron chi connectivity index (χ1n) is 8.88. The number of likely N-dealkylation sites (N-methyl/N-ethyl adjacent to an activating group) is 1. The Kier molecular flexibility index (Phi) is 4.37. The van der Waals surface area contributed by atoms with Gasteiger partial charge in [0.2, 0.25) is 0 Å². The average molecular weight is 346 g/mol. The average Bonchev–Trinajstić information content (AvgIpc) is 2.84. The number of hydrogen-bond acceptors (Lipinski definition) is 3. The molecule has 0 spiro atoms. The van der Waals surface area contributed by atoms with Gasteiger partial charge in [0, 0.05) is 25.6 Å². The van der Waals surface area contributed by atoms with Crippen molar-refractivity contribution in [2.75, 3.05) is 20.1 Å². The highest BCUT2D eigenvalue weighted by Gasteiger charge is 2.57. The molecule has 0 saturated carbocycles. The Morgan fingerprint density at radius 2 is 2.04 bits per heavy atom. The molecule has 2 heterocycles. The highest BCUT2D eigenvalue weighted by molar-refractivity contribution is 5.97. The topological polar surface area (TPSA) is 69.6 Å². The van der Waals surface area contributed by atoms with Crippen molar-refractivity contribution in [1.82, 2.24) is 14.7 Å². The van der Waals surface area contributed by atoms with Gasteiger partial charge in [-0.1, -0.05) is 6.07 Å². The van der Waals surface area contributed by atoms with Gasteiger partial charge in [-0.15, -0.1) is 0 Å². The monoisotopic (exact) mass is 346 g/mol. The van der Waals surface area contributed by atoms with Crippen LogP contribution in [0.3, 0.4) is 0 Å². The van der Waals surface area contributed by atoms with E-state index in [2.05, 4.69) is 56.2 Å². The van der Waals surface area contributed by atoms with Gasteiger partial charge in [0.05, 0.1) is 6.54 Å². The molecule has 2 aliphatic heterocycles. The molecule has 2 atom stereocenters. The molecule has 2 amide bonds. The molecular formula is C19H28N3O3+. The molecule has 2 N–H and O–H groups in total. The van der Waals surface area contributed by atoms with Gasteiger partial charge in [-0.3, -0.25) is 0 Å². The van der Waals surface area contributed by atoms with Crippen LogP contribution in [0.1, 0.15) is 38.3 Å². The number of likely N-dealkylation sites (tertiary alicyclic amines) is 1. The van der Waals surface area contributed by atoms with Crippen LogP contribution in [0.4, 0.5) is 10.5 Å². The summed E-state index contributed by atoms with van der Waals surface area (Å²) in [7, 11) is 2.12. The maximum absolute atomic E-state index is 13.3. The third kappa shape index (κ3) is 2.93. The lowest BCUT2D eigenvalue weighted by atomic mass is 9.95. The summed E-state index contributed by atoms with van der Waals surface area (Å²) in [5.41, 5.74) is 3.26. The number of carbonyl (C=O) groups is 2. The van der Waals surface area contributed by atoms with Crippen molar-refractivity contribution < 1.29 is 14.7 Å². The van der Waals surface area contributed by atoms with E-state index >= 15 is 0 Å². The summed E-state index contributed by atoms with van der Waals surface area (Å²) >= 11 is 0. The standard InChI is InChI=1S/C19H27N3O3/c1-19(2,3)22(10-8-16(17(22)23)20-18(24)25)15-6-5-14-12-21(4)9-7-13(14)11-15/h5-6,11,16,20H,7-10,12H2,1-4H3/p+1/t16-,22?/m0/s1. The molecule has 1 saturated heterocycles. The molecule has 0 aromatic heterocycles. The number of nitrogens with one attached hydrogen (secondary N) is 1. The van der Waals surface area contributed by atoms with E-state index in [9.17, 15) is 9.59 Å². The minimum absolute atomic E-state index is 0.0530. The number of carbonyl (C=O) groups excluding carboxylic acids is 1. The predicted octanol–water partition coefficient (Wildman–Crippen LogP) is 2.35. The molecule has 1 unspecified atom stereocenters. The molecule has 0 aliphatic carbocycles. The fourth-order valence-electron chi connectivity index (χ4n) is 4.33. The number of nitrogens with zero attached hydrogens (tertiary/aromatic N) is 2. The highest BCUT2D eigenvalue weighted by atomic mass is 16.4. The second kappa shape index (κ2) is 6.11. The van der Waals surface area contributed by atoms with Crippen molar-refractivity contribution in [2.45, 2.75) is 51.7 Å². The van der Waals surface area contributed by atoms with Gasteiger partial charge in [-0.05, 0) is 51.4 Å². The SMILES string of the molecule is CN1CCc2cc([N+]3(C(C)(C)C)CC[C@H](NC(=O)O)C3=O)ccc2C1. The van der Waals surface area contributed by atoms with Crippen LogP contribution in [0.25, 0.3) is 0 Å². The first-order valence-corrected chi connectivity index (χ1v) is 8.88. The highest BCUT2D eigenvalue weighted by Crippen LogP contribution is 2.40. The first kappa shape index (κ1) is 17.9. The van der Waals surface area contributed by atoms with Gasteiger partial charge in [0.15, 0.2) is 6.04 Å². The number of fused-ring (bicyclic) bond motifs is 1. The first-order chi connectivity index (χ1) is 11.6. The van der Waals surface area contributed by atoms with E-state index < -0.39 is 12.1 Å². The number of carboxylic acid groups (broad SMARTS) is 1. The van der Waals surface area contributed by atoms with E-state index in [0.29, 0.717) is 13.0 Å². The van der Waals surface area contributed by atoms with Crippen LogP contribution in [-0.4, -0.2) is 53.7 Å². The van der Waals surface area contributed by atoms with Crippen molar-refractivity contribution >= 4 is 17.7 Å². The molecule has 1 aromatic carbocycles. The Morgan fingerprint density at radius 3 is 2.68 bits per heavy atom. The third-order valence-corrected chi connectivity index (χ3v) is 5.70. The van der Waals surface area contributed by atoms with Crippen molar-refractivity contribution in [3.8, 4) is 0 Å². The van der Waals surface area contributed by atoms with Crippen molar-refractivity contribution in [3.05, 3.63) is 29.3 Å². The van der Waals surface area contributed by atoms with Gasteiger partial charge < -0.3 is 15.3 Å². The van der Waals surface area contributed by atoms with Crippen molar-refractivity contribution in [1.29, 1.82) is 0 Å². The van der Waals surface area contributed by atoms with Crippen LogP contribution in [0.2, 0.25) is 0 Å². The maximum atomic E-state index is 13.3. The second-order valence-corrected chi connectivity index (χ2v) is 8.27. The van der Waals surface area contributed by atoms with E-state index in [1.165, 1.54) is 11.1 Å². The van der Waals surface area contributed by atoms with Gasteiger partial charge in [-0.2, -0.15) is 0 Å². The molecule has 136 valence electrons. The smallest absolute Gasteiger partial charge is 0.405 e.